The Balaban J connectivity index is 2.03. The molecule has 4 heteroatoms. The fourth-order valence-corrected chi connectivity index (χ4v) is 24.7. The minimum Gasteiger partial charge on any atom is -0.453 e. The summed E-state index contributed by atoms with van der Waals surface area (Å²) in [4.78, 5) is 2.00. The Hall–Kier alpha value is -0.299. The molecule has 1 aromatic rings. The number of benzene rings is 1. The van der Waals surface area contributed by atoms with Crippen molar-refractivity contribution in [3.05, 3.63) is 28.8 Å². The highest BCUT2D eigenvalue weighted by Gasteiger charge is 2.56. The molecule has 1 aromatic carbocycles. The van der Waals surface area contributed by atoms with Crippen LogP contribution in [0.2, 0.25) is 39.3 Å². The molecule has 0 heterocycles. The molecule has 0 atom stereocenters. The molecule has 1 nitrogen and oxygen atoms in total. The Morgan fingerprint density at radius 2 is 1.19 bits per heavy atom. The van der Waals surface area contributed by atoms with Gasteiger partial charge in [-0.05, 0) is 134 Å². The molecule has 0 N–H and O–H groups in total. The molecule has 0 aromatic heterocycles. The topological polar surface area (TPSA) is 9.23 Å². The molecular formula is C32H56OSi3. The van der Waals surface area contributed by atoms with Crippen molar-refractivity contribution in [2.75, 3.05) is 0 Å². The second kappa shape index (κ2) is 10.0. The van der Waals surface area contributed by atoms with Crippen molar-refractivity contribution in [3.8, 4) is 0 Å². The van der Waals surface area contributed by atoms with Crippen molar-refractivity contribution >= 4 is 35.0 Å². The Morgan fingerprint density at radius 3 is 1.53 bits per heavy atom. The molecule has 4 aliphatic carbocycles. The maximum Gasteiger partial charge on any atom is 0.198 e. The van der Waals surface area contributed by atoms with Gasteiger partial charge in [-0.1, -0.05) is 65.0 Å². The first-order chi connectivity index (χ1) is 16.5. The van der Waals surface area contributed by atoms with Gasteiger partial charge in [-0.2, -0.15) is 0 Å². The fraction of sp³-hybridized carbons (Fsp3) is 0.781. The van der Waals surface area contributed by atoms with Crippen molar-refractivity contribution < 1.29 is 4.12 Å². The molecule has 36 heavy (non-hydrogen) atoms. The Bertz CT molecular complexity index is 944. The van der Waals surface area contributed by atoms with Crippen LogP contribution in [-0.2, 0) is 4.12 Å². The summed E-state index contributed by atoms with van der Waals surface area (Å²) < 4.78 is 7.35. The summed E-state index contributed by atoms with van der Waals surface area (Å²) in [5.74, 6) is 4.66. The molecule has 4 fully saturated rings. The maximum atomic E-state index is 7.35. The third kappa shape index (κ3) is 5.53. The summed E-state index contributed by atoms with van der Waals surface area (Å²) in [6.45, 7) is 29.7. The lowest BCUT2D eigenvalue weighted by atomic mass is 9.50. The van der Waals surface area contributed by atoms with Gasteiger partial charge in [0.1, 0.15) is 0 Å². The van der Waals surface area contributed by atoms with Crippen LogP contribution in [0, 0.1) is 23.2 Å². The van der Waals surface area contributed by atoms with E-state index in [1.807, 2.05) is 4.79 Å². The Kier molecular flexibility index (Phi) is 7.99. The van der Waals surface area contributed by atoms with Crippen molar-refractivity contribution in [1.82, 2.24) is 0 Å². The molecule has 4 saturated carbocycles. The Morgan fingerprint density at radius 1 is 0.778 bits per heavy atom. The molecule has 0 amide bonds. The molecule has 202 valence electrons. The smallest absolute Gasteiger partial charge is 0.198 e. The first kappa shape index (κ1) is 28.7. The van der Waals surface area contributed by atoms with Gasteiger partial charge < -0.3 is 4.12 Å². The monoisotopic (exact) mass is 540 g/mol. The number of hydrogen-bond donors (Lipinski definition) is 0. The zero-order chi connectivity index (χ0) is 26.8. The van der Waals surface area contributed by atoms with E-state index in [1.165, 1.54) is 44.1 Å². The summed E-state index contributed by atoms with van der Waals surface area (Å²) in [5.41, 5.74) is 5.31. The van der Waals surface area contributed by atoms with Gasteiger partial charge in [-0.3, -0.25) is 0 Å². The highest BCUT2D eigenvalue weighted by Crippen LogP contribution is 2.61. The predicted octanol–water partition coefficient (Wildman–Crippen LogP) is 8.95. The SMILES string of the molecule is CC(C)c1cc(C(C)C)c(/[Si](C)=C(\C23CC4CC(CC(C4)C2)C3)[Si](C)(C)O[Si](C)(C)C)c(C(C)C)c1. The van der Waals surface area contributed by atoms with Crippen LogP contribution >= 0.6 is 0 Å². The predicted molar refractivity (Wildman–Crippen MR) is 167 cm³/mol. The van der Waals surface area contributed by atoms with E-state index in [4.69, 9.17) is 4.12 Å². The van der Waals surface area contributed by atoms with Crippen molar-refractivity contribution in [3.63, 3.8) is 0 Å². The van der Waals surface area contributed by atoms with Gasteiger partial charge in [-0.25, -0.2) is 0 Å². The van der Waals surface area contributed by atoms with Gasteiger partial charge in [0.15, 0.2) is 16.6 Å². The average Bonchev–Trinajstić information content (AvgIpc) is 2.69. The van der Waals surface area contributed by atoms with Gasteiger partial charge in [0, 0.05) is 8.41 Å². The van der Waals surface area contributed by atoms with Gasteiger partial charge in [0.2, 0.25) is 0 Å². The minimum atomic E-state index is -2.03. The molecule has 0 saturated heterocycles. The molecule has 0 spiro atoms. The van der Waals surface area contributed by atoms with E-state index in [0.29, 0.717) is 23.2 Å². The number of hydrogen-bond acceptors (Lipinski definition) is 1. The second-order valence-electron chi connectivity index (χ2n) is 15.5. The van der Waals surface area contributed by atoms with E-state index in [0.717, 1.165) is 17.8 Å². The molecule has 5 rings (SSSR count). The van der Waals surface area contributed by atoms with Crippen LogP contribution in [0.4, 0.5) is 0 Å². The fourth-order valence-electron chi connectivity index (χ4n) is 9.24. The summed E-state index contributed by atoms with van der Waals surface area (Å²) in [5, 5.41) is 1.78. The lowest BCUT2D eigenvalue weighted by molar-refractivity contribution is -0.0104. The average molecular weight is 541 g/mol. The summed E-state index contributed by atoms with van der Waals surface area (Å²) >= 11 is 0. The minimum absolute atomic E-state index is 0.465. The van der Waals surface area contributed by atoms with Gasteiger partial charge in [0.25, 0.3) is 0 Å². The van der Waals surface area contributed by atoms with Crippen LogP contribution in [-0.4, -0.2) is 29.8 Å². The zero-order valence-corrected chi connectivity index (χ0v) is 28.8. The van der Waals surface area contributed by atoms with E-state index < -0.39 is 25.0 Å². The largest absolute Gasteiger partial charge is 0.453 e. The normalized spacial score (nSPS) is 29.0. The van der Waals surface area contributed by atoms with Crippen LogP contribution in [0.3, 0.4) is 0 Å². The summed E-state index contributed by atoms with van der Waals surface area (Å²) in [7, 11) is -4.59. The second-order valence-corrected chi connectivity index (χ2v) is 26.8. The molecule has 4 aliphatic rings. The third-order valence-corrected chi connectivity index (χ3v) is 21.4. The summed E-state index contributed by atoms with van der Waals surface area (Å²) in [6, 6.07) is 5.21. The van der Waals surface area contributed by atoms with E-state index in [1.54, 1.807) is 16.3 Å². The standard InChI is InChI=1S/C32H56OSi3/c1-21(2)27-16-28(22(3)4)30(29(17-27)23(5)6)34(7)31(36(11,12)33-35(8,9)10)32-18-24-13-25(19-32)15-26(14-24)20-32/h16-17,21-26H,13-15,18-20H2,1-12H3/b34-31+. The van der Waals surface area contributed by atoms with E-state index in [2.05, 4.69) is 93.0 Å². The van der Waals surface area contributed by atoms with E-state index in [9.17, 15) is 0 Å². The van der Waals surface area contributed by atoms with Crippen LogP contribution < -0.4 is 5.19 Å². The first-order valence-electron chi connectivity index (χ1n) is 15.1. The highest BCUT2D eigenvalue weighted by molar-refractivity contribution is 7.18. The van der Waals surface area contributed by atoms with Crippen LogP contribution in [0.5, 0.6) is 0 Å². The molecule has 0 aliphatic heterocycles. The number of rotatable bonds is 8. The van der Waals surface area contributed by atoms with Gasteiger partial charge in [-0.15, -0.1) is 0 Å². The lowest BCUT2D eigenvalue weighted by Gasteiger charge is -2.60. The van der Waals surface area contributed by atoms with Crippen LogP contribution in [0.25, 0.3) is 0 Å². The van der Waals surface area contributed by atoms with Crippen molar-refractivity contribution in [1.29, 1.82) is 0 Å². The van der Waals surface area contributed by atoms with Gasteiger partial charge >= 0.3 is 0 Å². The highest BCUT2D eigenvalue weighted by atomic mass is 28.4. The first-order valence-corrected chi connectivity index (χ1v) is 23.4. The molecule has 4 bridgehead atoms. The summed E-state index contributed by atoms with van der Waals surface area (Å²) in [6.07, 6.45) is 8.98. The van der Waals surface area contributed by atoms with E-state index >= 15 is 0 Å². The lowest BCUT2D eigenvalue weighted by Crippen LogP contribution is -2.63. The van der Waals surface area contributed by atoms with Crippen LogP contribution in [0.1, 0.15) is 115 Å². The van der Waals surface area contributed by atoms with E-state index in [-0.39, 0.29) is 0 Å². The van der Waals surface area contributed by atoms with Crippen LogP contribution in [0.15, 0.2) is 12.1 Å². The van der Waals surface area contributed by atoms with Crippen molar-refractivity contribution in [2.24, 2.45) is 23.2 Å². The third-order valence-electron chi connectivity index (χ3n) is 9.61. The maximum absolute atomic E-state index is 7.35. The quantitative estimate of drug-likeness (QED) is 0.299. The van der Waals surface area contributed by atoms with Crippen molar-refractivity contribution in [2.45, 2.75) is 137 Å². The molecular weight excluding hydrogens is 485 g/mol. The molecule has 0 radical (unpaired) electrons. The molecule has 0 unspecified atom stereocenters. The van der Waals surface area contributed by atoms with Gasteiger partial charge in [0.05, 0.1) is 0 Å². The zero-order valence-electron chi connectivity index (χ0n) is 25.8. The Labute approximate surface area is 227 Å².